The summed E-state index contributed by atoms with van der Waals surface area (Å²) in [5.74, 6) is 0.486. The number of ether oxygens (including phenoxy) is 1. The third-order valence-electron chi connectivity index (χ3n) is 3.84. The van der Waals surface area contributed by atoms with Gasteiger partial charge in [0.1, 0.15) is 5.75 Å². The van der Waals surface area contributed by atoms with Crippen LogP contribution in [0.3, 0.4) is 0 Å². The lowest BCUT2D eigenvalue weighted by molar-refractivity contribution is 0.0600. The molecule has 1 heterocycles. The topological polar surface area (TPSA) is 75.8 Å². The molecular weight excluding hydrogens is 256 g/mol. The van der Waals surface area contributed by atoms with Crippen LogP contribution in [0, 0.1) is 0 Å². The molecule has 0 spiro atoms. The van der Waals surface area contributed by atoms with Gasteiger partial charge in [-0.15, -0.1) is 0 Å². The van der Waals surface area contributed by atoms with Crippen molar-refractivity contribution in [2.75, 3.05) is 26.0 Å². The van der Waals surface area contributed by atoms with Gasteiger partial charge in [0.2, 0.25) is 0 Å². The number of nitrogens with two attached hydrogens (primary N) is 1. The second-order valence-corrected chi connectivity index (χ2v) is 5.14. The largest absolute Gasteiger partial charge is 0.497 e. The maximum absolute atomic E-state index is 12.7. The van der Waals surface area contributed by atoms with E-state index in [0.29, 0.717) is 23.5 Å². The summed E-state index contributed by atoms with van der Waals surface area (Å²) in [5.41, 5.74) is 6.80. The zero-order valence-electron chi connectivity index (χ0n) is 11.8. The Morgan fingerprint density at radius 1 is 1.45 bits per heavy atom. The Morgan fingerprint density at radius 2 is 2.25 bits per heavy atom. The van der Waals surface area contributed by atoms with Crippen LogP contribution in [0.1, 0.15) is 36.0 Å². The molecule has 5 nitrogen and oxygen atoms in total. The van der Waals surface area contributed by atoms with Crippen molar-refractivity contribution < 1.29 is 14.6 Å². The minimum absolute atomic E-state index is 0.00435. The molecule has 110 valence electrons. The van der Waals surface area contributed by atoms with E-state index in [1.807, 2.05) is 0 Å². The summed E-state index contributed by atoms with van der Waals surface area (Å²) in [5, 5.41) is 9.50. The minimum atomic E-state index is -0.123. The van der Waals surface area contributed by atoms with Crippen molar-refractivity contribution in [3.63, 3.8) is 0 Å². The van der Waals surface area contributed by atoms with Gasteiger partial charge in [-0.1, -0.05) is 12.8 Å². The average molecular weight is 278 g/mol. The fraction of sp³-hybridized carbons (Fsp3) is 0.533. The van der Waals surface area contributed by atoms with Crippen molar-refractivity contribution in [3.05, 3.63) is 23.8 Å². The van der Waals surface area contributed by atoms with Crippen LogP contribution in [0.15, 0.2) is 18.2 Å². The number of hydrogen-bond donors (Lipinski definition) is 2. The van der Waals surface area contributed by atoms with E-state index in [9.17, 15) is 9.90 Å². The summed E-state index contributed by atoms with van der Waals surface area (Å²) in [6.45, 7) is 0.663. The number of benzene rings is 1. The fourth-order valence-electron chi connectivity index (χ4n) is 2.64. The van der Waals surface area contributed by atoms with Gasteiger partial charge in [-0.3, -0.25) is 4.79 Å². The highest BCUT2D eigenvalue weighted by Crippen LogP contribution is 2.24. The smallest absolute Gasteiger partial charge is 0.256 e. The van der Waals surface area contributed by atoms with Gasteiger partial charge in [0.15, 0.2) is 0 Å². The van der Waals surface area contributed by atoms with Gasteiger partial charge in [0.05, 0.1) is 25.3 Å². The number of amides is 1. The van der Waals surface area contributed by atoms with Crippen LogP contribution in [0.25, 0.3) is 0 Å². The van der Waals surface area contributed by atoms with Gasteiger partial charge in [-0.05, 0) is 31.0 Å². The van der Waals surface area contributed by atoms with Crippen LogP contribution in [0.5, 0.6) is 5.75 Å². The van der Waals surface area contributed by atoms with Crippen molar-refractivity contribution in [2.24, 2.45) is 0 Å². The molecule has 0 aliphatic carbocycles. The molecule has 1 unspecified atom stereocenters. The molecule has 20 heavy (non-hydrogen) atoms. The molecule has 2 rings (SSSR count). The van der Waals surface area contributed by atoms with Crippen LogP contribution in [-0.2, 0) is 0 Å². The van der Waals surface area contributed by atoms with E-state index < -0.39 is 0 Å². The lowest BCUT2D eigenvalue weighted by Crippen LogP contribution is -2.42. The molecule has 1 amide bonds. The Labute approximate surface area is 119 Å². The number of likely N-dealkylation sites (tertiary alicyclic amines) is 1. The fourth-order valence-corrected chi connectivity index (χ4v) is 2.64. The maximum Gasteiger partial charge on any atom is 0.256 e. The van der Waals surface area contributed by atoms with E-state index in [1.54, 1.807) is 30.2 Å². The maximum atomic E-state index is 12.7. The molecule has 1 aliphatic heterocycles. The molecule has 1 saturated heterocycles. The zero-order chi connectivity index (χ0) is 14.5. The summed E-state index contributed by atoms with van der Waals surface area (Å²) in [4.78, 5) is 14.4. The number of carbonyl (C=O) groups is 1. The summed E-state index contributed by atoms with van der Waals surface area (Å²) in [6, 6.07) is 4.96. The molecule has 0 saturated carbocycles. The third kappa shape index (κ3) is 3.04. The van der Waals surface area contributed by atoms with E-state index in [-0.39, 0.29) is 18.6 Å². The molecule has 0 aromatic heterocycles. The van der Waals surface area contributed by atoms with E-state index in [2.05, 4.69) is 0 Å². The number of hydrogen-bond acceptors (Lipinski definition) is 4. The van der Waals surface area contributed by atoms with Crippen molar-refractivity contribution in [2.45, 2.75) is 31.7 Å². The molecule has 0 bridgehead atoms. The molecule has 1 aromatic carbocycles. The first kappa shape index (κ1) is 14.7. The summed E-state index contributed by atoms with van der Waals surface area (Å²) in [6.07, 6.45) is 3.94. The first-order valence-corrected chi connectivity index (χ1v) is 7.02. The minimum Gasteiger partial charge on any atom is -0.497 e. The average Bonchev–Trinajstić information content (AvgIpc) is 2.72. The number of anilines is 1. The predicted molar refractivity (Wildman–Crippen MR) is 77.8 cm³/mol. The second kappa shape index (κ2) is 6.61. The number of nitrogen functional groups attached to an aromatic ring is 1. The lowest BCUT2D eigenvalue weighted by Gasteiger charge is -2.29. The van der Waals surface area contributed by atoms with E-state index in [1.165, 1.54) is 0 Å². The molecule has 1 atom stereocenters. The number of aliphatic hydroxyl groups excluding tert-OH is 1. The van der Waals surface area contributed by atoms with Gasteiger partial charge in [0.25, 0.3) is 5.91 Å². The molecule has 1 aliphatic rings. The van der Waals surface area contributed by atoms with Crippen LogP contribution < -0.4 is 10.5 Å². The first-order valence-electron chi connectivity index (χ1n) is 7.02. The number of rotatable bonds is 3. The highest BCUT2D eigenvalue weighted by Gasteiger charge is 2.27. The Hall–Kier alpha value is -1.75. The second-order valence-electron chi connectivity index (χ2n) is 5.14. The van der Waals surface area contributed by atoms with Crippen LogP contribution in [0.2, 0.25) is 0 Å². The monoisotopic (exact) mass is 278 g/mol. The first-order chi connectivity index (χ1) is 9.67. The van der Waals surface area contributed by atoms with Crippen LogP contribution in [0.4, 0.5) is 5.69 Å². The summed E-state index contributed by atoms with van der Waals surface area (Å²) >= 11 is 0. The van der Waals surface area contributed by atoms with Gasteiger partial charge in [-0.2, -0.15) is 0 Å². The van der Waals surface area contributed by atoms with Crippen molar-refractivity contribution in [3.8, 4) is 5.75 Å². The number of carbonyl (C=O) groups excluding carboxylic acids is 1. The lowest BCUT2D eigenvalue weighted by atomic mass is 10.1. The highest BCUT2D eigenvalue weighted by molar-refractivity contribution is 5.99. The Balaban J connectivity index is 2.28. The molecule has 1 fully saturated rings. The predicted octanol–water partition coefficient (Wildman–Crippen LogP) is 1.65. The van der Waals surface area contributed by atoms with Crippen LogP contribution in [-0.4, -0.2) is 42.2 Å². The number of methoxy groups -OCH3 is 1. The van der Waals surface area contributed by atoms with Crippen molar-refractivity contribution in [1.82, 2.24) is 4.90 Å². The Morgan fingerprint density at radius 3 is 2.95 bits per heavy atom. The van der Waals surface area contributed by atoms with E-state index >= 15 is 0 Å². The van der Waals surface area contributed by atoms with Gasteiger partial charge in [0, 0.05) is 12.2 Å². The third-order valence-corrected chi connectivity index (χ3v) is 3.84. The van der Waals surface area contributed by atoms with E-state index in [0.717, 1.165) is 25.7 Å². The molecule has 0 radical (unpaired) electrons. The summed E-state index contributed by atoms with van der Waals surface area (Å²) < 4.78 is 5.15. The van der Waals surface area contributed by atoms with Crippen molar-refractivity contribution in [1.29, 1.82) is 0 Å². The molecule has 1 aromatic rings. The normalized spacial score (nSPS) is 19.5. The SMILES string of the molecule is COc1ccc(N)c(C(=O)N2CCCCCC2CO)c1. The molecule has 3 N–H and O–H groups in total. The van der Waals surface area contributed by atoms with E-state index in [4.69, 9.17) is 10.5 Å². The Kier molecular flexibility index (Phi) is 4.84. The van der Waals surface area contributed by atoms with Gasteiger partial charge >= 0.3 is 0 Å². The zero-order valence-corrected chi connectivity index (χ0v) is 11.8. The highest BCUT2D eigenvalue weighted by atomic mass is 16.5. The van der Waals surface area contributed by atoms with Gasteiger partial charge in [-0.25, -0.2) is 0 Å². The van der Waals surface area contributed by atoms with Crippen molar-refractivity contribution >= 4 is 11.6 Å². The quantitative estimate of drug-likeness (QED) is 0.824. The number of nitrogens with zero attached hydrogens (tertiary/aromatic N) is 1. The molecular formula is C15H22N2O3. The molecule has 5 heteroatoms. The Bertz CT molecular complexity index is 476. The van der Waals surface area contributed by atoms with Crippen LogP contribution >= 0.6 is 0 Å². The van der Waals surface area contributed by atoms with Gasteiger partial charge < -0.3 is 20.5 Å². The summed E-state index contributed by atoms with van der Waals surface area (Å²) in [7, 11) is 1.56. The number of aliphatic hydroxyl groups is 1. The standard InChI is InChI=1S/C15H22N2O3/c1-20-12-6-7-14(16)13(9-12)15(19)17-8-4-2-3-5-11(17)10-18/h6-7,9,11,18H,2-5,8,10,16H2,1H3.